The second-order valence-electron chi connectivity index (χ2n) is 6.87. The van der Waals surface area contributed by atoms with E-state index in [0.29, 0.717) is 24.3 Å². The summed E-state index contributed by atoms with van der Waals surface area (Å²) in [4.78, 5) is 22.1. The van der Waals surface area contributed by atoms with E-state index in [-0.39, 0.29) is 24.2 Å². The van der Waals surface area contributed by atoms with Crippen molar-refractivity contribution in [2.45, 2.75) is 32.1 Å². The summed E-state index contributed by atoms with van der Waals surface area (Å²) in [6.45, 7) is 3.88. The Balaban J connectivity index is 1.87. The molecule has 3 aromatic rings. The van der Waals surface area contributed by atoms with Crippen LogP contribution in [0.3, 0.4) is 0 Å². The van der Waals surface area contributed by atoms with E-state index in [9.17, 15) is 14.6 Å². The van der Waals surface area contributed by atoms with Crippen molar-refractivity contribution in [3.8, 4) is 12.0 Å². The molecular formula is C18H24N5O4P. The van der Waals surface area contributed by atoms with Gasteiger partial charge in [-0.2, -0.15) is 9.97 Å². The summed E-state index contributed by atoms with van der Waals surface area (Å²) < 4.78 is 18.7. The van der Waals surface area contributed by atoms with Crippen molar-refractivity contribution in [3.05, 3.63) is 41.6 Å². The highest BCUT2D eigenvalue weighted by molar-refractivity contribution is 7.56. The standard InChI is InChI=1S/C18H24N5O4P/c1-3-14(19)10-27-17-20-8-15-16(22-17)23(18(24)21-15)9-12-5-4-6-13(7-12)11-28(2,25)26/h4-8,14H,3,9-11,19H2,1-2H3,(H,21,24)(H,25,26). The molecule has 1 aromatic carbocycles. The van der Waals surface area contributed by atoms with Crippen molar-refractivity contribution in [3.63, 3.8) is 0 Å². The van der Waals surface area contributed by atoms with Gasteiger partial charge in [-0.3, -0.25) is 9.13 Å². The maximum atomic E-state index is 11.7. The van der Waals surface area contributed by atoms with Crippen LogP contribution in [0.5, 0.6) is 12.0 Å². The van der Waals surface area contributed by atoms with Crippen LogP contribution in [-0.4, -0.2) is 48.8 Å². The normalized spacial score (nSPS) is 14.7. The van der Waals surface area contributed by atoms with Crippen LogP contribution >= 0.6 is 7.37 Å². The van der Waals surface area contributed by atoms with E-state index in [0.717, 1.165) is 17.5 Å². The van der Waals surface area contributed by atoms with Gasteiger partial charge in [-0.15, -0.1) is 0 Å². The predicted octanol–water partition coefficient (Wildman–Crippen LogP) is 2.10. The fourth-order valence-electron chi connectivity index (χ4n) is 2.75. The van der Waals surface area contributed by atoms with Gasteiger partial charge in [-0.05, 0) is 17.5 Å². The summed E-state index contributed by atoms with van der Waals surface area (Å²) in [5.74, 6) is 0. The first-order chi connectivity index (χ1) is 13.2. The van der Waals surface area contributed by atoms with E-state index in [1.165, 1.54) is 17.4 Å². The molecule has 28 heavy (non-hydrogen) atoms. The Labute approximate surface area is 162 Å². The molecule has 2 aromatic heterocycles. The second-order valence-corrected chi connectivity index (χ2v) is 9.29. The van der Waals surface area contributed by atoms with Crippen molar-refractivity contribution in [1.82, 2.24) is 19.5 Å². The molecule has 0 spiro atoms. The topological polar surface area (TPSA) is 136 Å². The molecular weight excluding hydrogens is 381 g/mol. The highest BCUT2D eigenvalue weighted by Crippen LogP contribution is 2.39. The molecule has 3 rings (SSSR count). The van der Waals surface area contributed by atoms with Crippen molar-refractivity contribution in [2.75, 3.05) is 13.3 Å². The number of nitrogens with two attached hydrogens (primary N) is 1. The largest absolute Gasteiger partial charge is 0.480 e. The summed E-state index contributed by atoms with van der Waals surface area (Å²) in [6.07, 6.45) is 2.35. The highest BCUT2D eigenvalue weighted by atomic mass is 31.2. The lowest BCUT2D eigenvalue weighted by Crippen LogP contribution is -2.27. The molecule has 150 valence electrons. The second kappa shape index (κ2) is 8.26. The summed E-state index contributed by atoms with van der Waals surface area (Å²) >= 11 is 0. The number of hydrogen-bond donors (Lipinski definition) is 3. The van der Waals surface area contributed by atoms with Crippen LogP contribution in [0.15, 0.2) is 30.5 Å². The first kappa shape index (κ1) is 20.3. The monoisotopic (exact) mass is 405 g/mol. The fraction of sp³-hybridized carbons (Fsp3) is 0.389. The smallest absolute Gasteiger partial charge is 0.318 e. The van der Waals surface area contributed by atoms with Gasteiger partial charge in [0.15, 0.2) is 5.65 Å². The molecule has 0 radical (unpaired) electrons. The summed E-state index contributed by atoms with van der Waals surface area (Å²) in [7, 11) is -3.17. The first-order valence-corrected chi connectivity index (χ1v) is 11.2. The number of ether oxygens (including phenoxy) is 1. The number of fused-ring (bicyclic) bond motifs is 1. The Morgan fingerprint density at radius 1 is 1.32 bits per heavy atom. The van der Waals surface area contributed by atoms with E-state index in [2.05, 4.69) is 15.0 Å². The molecule has 0 fully saturated rings. The number of nitrogens with zero attached hydrogens (tertiary/aromatic N) is 4. The van der Waals surface area contributed by atoms with Crippen LogP contribution in [0.25, 0.3) is 11.2 Å². The zero-order chi connectivity index (χ0) is 20.3. The van der Waals surface area contributed by atoms with Gasteiger partial charge in [0, 0.05) is 18.9 Å². The van der Waals surface area contributed by atoms with E-state index in [4.69, 9.17) is 10.5 Å². The maximum Gasteiger partial charge on any atom is 0.318 e. The van der Waals surface area contributed by atoms with Gasteiger partial charge in [0.05, 0.1) is 12.7 Å². The van der Waals surface area contributed by atoms with E-state index in [1.54, 1.807) is 6.07 Å². The third-order valence-electron chi connectivity index (χ3n) is 4.20. The Bertz CT molecular complexity index is 1020. The molecule has 0 saturated heterocycles. The molecule has 2 atom stereocenters. The lowest BCUT2D eigenvalue weighted by atomic mass is 10.1. The molecule has 2 unspecified atom stereocenters. The van der Waals surface area contributed by atoms with Crippen LogP contribution in [0.1, 0.15) is 24.5 Å². The summed E-state index contributed by atoms with van der Waals surface area (Å²) in [5.41, 5.74) is 8.32. The van der Waals surface area contributed by atoms with Crippen LogP contribution in [-0.2, 0) is 17.3 Å². The van der Waals surface area contributed by atoms with Gasteiger partial charge in [-0.25, -0.2) is 4.98 Å². The average molecular weight is 405 g/mol. The fourth-order valence-corrected chi connectivity index (χ4v) is 3.63. The number of aromatic hydroxyl groups is 1. The molecule has 0 saturated carbocycles. The third-order valence-corrected chi connectivity index (χ3v) is 5.16. The highest BCUT2D eigenvalue weighted by Gasteiger charge is 2.15. The molecule has 9 nitrogen and oxygen atoms in total. The Morgan fingerprint density at radius 2 is 2.07 bits per heavy atom. The van der Waals surface area contributed by atoms with Gasteiger partial charge < -0.3 is 20.5 Å². The molecule has 4 N–H and O–H groups in total. The maximum absolute atomic E-state index is 11.7. The zero-order valence-corrected chi connectivity index (χ0v) is 16.7. The minimum atomic E-state index is -3.17. The average Bonchev–Trinajstić information content (AvgIpc) is 2.93. The third kappa shape index (κ3) is 5.07. The molecule has 10 heteroatoms. The van der Waals surface area contributed by atoms with Crippen LogP contribution in [0, 0.1) is 0 Å². The van der Waals surface area contributed by atoms with Crippen molar-refractivity contribution < 1.29 is 19.3 Å². The number of benzene rings is 1. The van der Waals surface area contributed by atoms with Crippen molar-refractivity contribution in [2.24, 2.45) is 5.73 Å². The Morgan fingerprint density at radius 3 is 2.79 bits per heavy atom. The minimum absolute atomic E-state index is 0.0926. The summed E-state index contributed by atoms with van der Waals surface area (Å²) in [6, 6.07) is 7.17. The Kier molecular flexibility index (Phi) is 5.98. The van der Waals surface area contributed by atoms with Crippen molar-refractivity contribution in [1.29, 1.82) is 0 Å². The van der Waals surface area contributed by atoms with Crippen LogP contribution in [0.2, 0.25) is 0 Å². The SMILES string of the molecule is CCC(N)COc1ncc2nc(O)n(Cc3cccc(CP(C)(=O)O)c3)c2n1. The number of imidazole rings is 1. The van der Waals surface area contributed by atoms with Gasteiger partial charge >= 0.3 is 6.01 Å². The number of hydrogen-bond acceptors (Lipinski definition) is 7. The molecule has 2 heterocycles. The lowest BCUT2D eigenvalue weighted by molar-refractivity contribution is 0.265. The van der Waals surface area contributed by atoms with E-state index >= 15 is 0 Å². The quantitative estimate of drug-likeness (QED) is 0.485. The lowest BCUT2D eigenvalue weighted by Gasteiger charge is -2.10. The molecule has 0 amide bonds. The molecule has 0 aliphatic heterocycles. The number of rotatable bonds is 8. The van der Waals surface area contributed by atoms with Crippen molar-refractivity contribution >= 4 is 18.5 Å². The molecule has 0 aliphatic rings. The minimum Gasteiger partial charge on any atom is -0.480 e. The Hall–Kier alpha value is -2.48. The van der Waals surface area contributed by atoms with Gasteiger partial charge in [0.25, 0.3) is 6.01 Å². The van der Waals surface area contributed by atoms with E-state index in [1.807, 2.05) is 25.1 Å². The predicted molar refractivity (Wildman–Crippen MR) is 106 cm³/mol. The molecule has 0 aliphatic carbocycles. The number of aromatic nitrogens is 4. The van der Waals surface area contributed by atoms with E-state index < -0.39 is 7.37 Å². The molecule has 0 bridgehead atoms. The van der Waals surface area contributed by atoms with Crippen LogP contribution in [0.4, 0.5) is 0 Å². The zero-order valence-electron chi connectivity index (χ0n) is 15.8. The van der Waals surface area contributed by atoms with Gasteiger partial charge in [-0.1, -0.05) is 31.2 Å². The van der Waals surface area contributed by atoms with Gasteiger partial charge in [0.1, 0.15) is 12.1 Å². The van der Waals surface area contributed by atoms with Gasteiger partial charge in [0.2, 0.25) is 7.37 Å². The first-order valence-electron chi connectivity index (χ1n) is 8.93. The summed E-state index contributed by atoms with van der Waals surface area (Å²) in [5, 5.41) is 10.2. The van der Waals surface area contributed by atoms with Crippen LogP contribution < -0.4 is 10.5 Å².